The third-order valence-corrected chi connectivity index (χ3v) is 2.36. The molecule has 6 heteroatoms. The predicted molar refractivity (Wildman–Crippen MR) is 66.9 cm³/mol. The molecule has 17 heavy (non-hydrogen) atoms. The number of carbonyl (C=O) groups excluding carboxylic acids is 1. The quantitative estimate of drug-likeness (QED) is 0.493. The molecule has 1 aromatic carbocycles. The maximum atomic E-state index is 11.6. The van der Waals surface area contributed by atoms with Gasteiger partial charge in [0.25, 0.3) is 5.91 Å². The zero-order valence-corrected chi connectivity index (χ0v) is 10.2. The minimum atomic E-state index is -0.355. The van der Waals surface area contributed by atoms with E-state index in [1.54, 1.807) is 38.1 Å². The molecule has 5 nitrogen and oxygen atoms in total. The lowest BCUT2D eigenvalue weighted by molar-refractivity contribution is 0.0955. The van der Waals surface area contributed by atoms with Crippen LogP contribution in [0.1, 0.15) is 24.2 Å². The number of hydrazone groups is 1. The molecule has 0 bridgehead atoms. The molecule has 0 aliphatic carbocycles. The first-order valence-electron chi connectivity index (χ1n) is 4.84. The Kier molecular flexibility index (Phi) is 4.66. The van der Waals surface area contributed by atoms with Crippen LogP contribution in [0.5, 0.6) is 0 Å². The molecular formula is C11H12ClN3O2. The Bertz CT molecular complexity index is 466. The Morgan fingerprint density at radius 2 is 1.82 bits per heavy atom. The van der Waals surface area contributed by atoms with Crippen molar-refractivity contribution in [3.05, 3.63) is 34.9 Å². The van der Waals surface area contributed by atoms with E-state index in [0.29, 0.717) is 22.0 Å². The number of nitrogens with zero attached hydrogens (tertiary/aromatic N) is 2. The van der Waals surface area contributed by atoms with Crippen LogP contribution in [0, 0.1) is 0 Å². The summed E-state index contributed by atoms with van der Waals surface area (Å²) in [6.45, 7) is 3.20. The molecule has 1 rings (SSSR count). The summed E-state index contributed by atoms with van der Waals surface area (Å²) < 4.78 is 0. The van der Waals surface area contributed by atoms with Gasteiger partial charge in [-0.3, -0.25) is 4.79 Å². The van der Waals surface area contributed by atoms with Gasteiger partial charge in [-0.2, -0.15) is 5.10 Å². The van der Waals surface area contributed by atoms with Gasteiger partial charge < -0.3 is 5.21 Å². The van der Waals surface area contributed by atoms with Crippen LogP contribution >= 0.6 is 11.6 Å². The number of halogens is 1. The SMILES string of the molecule is CC(=N/NC(=O)c1ccc(Cl)cc1)/C(C)=N/O. The minimum Gasteiger partial charge on any atom is -0.411 e. The van der Waals surface area contributed by atoms with E-state index < -0.39 is 0 Å². The monoisotopic (exact) mass is 253 g/mol. The third-order valence-electron chi connectivity index (χ3n) is 2.11. The largest absolute Gasteiger partial charge is 0.411 e. The van der Waals surface area contributed by atoms with E-state index in [9.17, 15) is 4.79 Å². The molecule has 0 fully saturated rings. The number of benzene rings is 1. The minimum absolute atomic E-state index is 0.335. The highest BCUT2D eigenvalue weighted by atomic mass is 35.5. The Hall–Kier alpha value is -1.88. The first kappa shape index (κ1) is 13.2. The van der Waals surface area contributed by atoms with Crippen LogP contribution in [-0.2, 0) is 0 Å². The first-order valence-corrected chi connectivity index (χ1v) is 5.21. The summed E-state index contributed by atoms with van der Waals surface area (Å²) in [7, 11) is 0. The topological polar surface area (TPSA) is 74.0 Å². The van der Waals surface area contributed by atoms with Crippen LogP contribution < -0.4 is 5.43 Å². The van der Waals surface area contributed by atoms with Crippen LogP contribution in [0.3, 0.4) is 0 Å². The Morgan fingerprint density at radius 1 is 1.24 bits per heavy atom. The van der Waals surface area contributed by atoms with Crippen molar-refractivity contribution in [3.63, 3.8) is 0 Å². The molecule has 0 radical (unpaired) electrons. The van der Waals surface area contributed by atoms with Gasteiger partial charge in [0.1, 0.15) is 0 Å². The van der Waals surface area contributed by atoms with Crippen molar-refractivity contribution in [3.8, 4) is 0 Å². The molecule has 0 atom stereocenters. The zero-order chi connectivity index (χ0) is 12.8. The smallest absolute Gasteiger partial charge is 0.271 e. The summed E-state index contributed by atoms with van der Waals surface area (Å²) in [5.74, 6) is -0.355. The summed E-state index contributed by atoms with van der Waals surface area (Å²) in [5, 5.41) is 15.8. The van der Waals surface area contributed by atoms with E-state index in [4.69, 9.17) is 16.8 Å². The highest BCUT2D eigenvalue weighted by molar-refractivity contribution is 6.40. The normalized spacial score (nSPS) is 12.4. The van der Waals surface area contributed by atoms with Crippen molar-refractivity contribution in [1.82, 2.24) is 5.43 Å². The van der Waals surface area contributed by atoms with Gasteiger partial charge in [0, 0.05) is 10.6 Å². The number of hydrogen-bond acceptors (Lipinski definition) is 4. The Labute approximate surface area is 104 Å². The van der Waals surface area contributed by atoms with Gasteiger partial charge in [-0.1, -0.05) is 16.8 Å². The lowest BCUT2D eigenvalue weighted by Crippen LogP contribution is -2.21. The highest BCUT2D eigenvalue weighted by Gasteiger charge is 2.04. The number of amides is 1. The fraction of sp³-hybridized carbons (Fsp3) is 0.182. The van der Waals surface area contributed by atoms with Crippen molar-refractivity contribution in [2.24, 2.45) is 10.3 Å². The summed E-state index contributed by atoms with van der Waals surface area (Å²) in [4.78, 5) is 11.6. The van der Waals surface area contributed by atoms with E-state index >= 15 is 0 Å². The molecule has 0 saturated carbocycles. The van der Waals surface area contributed by atoms with Crippen molar-refractivity contribution in [1.29, 1.82) is 0 Å². The van der Waals surface area contributed by atoms with E-state index in [1.165, 1.54) is 0 Å². The van der Waals surface area contributed by atoms with Gasteiger partial charge in [-0.15, -0.1) is 0 Å². The van der Waals surface area contributed by atoms with Crippen molar-refractivity contribution >= 4 is 28.9 Å². The van der Waals surface area contributed by atoms with E-state index in [1.807, 2.05) is 0 Å². The van der Waals surface area contributed by atoms with Crippen molar-refractivity contribution in [2.45, 2.75) is 13.8 Å². The van der Waals surface area contributed by atoms with Gasteiger partial charge in [-0.05, 0) is 38.1 Å². The number of carbonyl (C=O) groups is 1. The van der Waals surface area contributed by atoms with Crippen molar-refractivity contribution < 1.29 is 10.0 Å². The molecule has 0 unspecified atom stereocenters. The second-order valence-electron chi connectivity index (χ2n) is 3.33. The maximum absolute atomic E-state index is 11.6. The van der Waals surface area contributed by atoms with Gasteiger partial charge >= 0.3 is 0 Å². The molecule has 90 valence electrons. The number of oxime groups is 1. The van der Waals surface area contributed by atoms with Crippen LogP contribution in [0.4, 0.5) is 0 Å². The zero-order valence-electron chi connectivity index (χ0n) is 9.44. The lowest BCUT2D eigenvalue weighted by atomic mass is 10.2. The molecular weight excluding hydrogens is 242 g/mol. The first-order chi connectivity index (χ1) is 8.04. The highest BCUT2D eigenvalue weighted by Crippen LogP contribution is 2.09. The van der Waals surface area contributed by atoms with Crippen LogP contribution in [0.25, 0.3) is 0 Å². The molecule has 1 aromatic rings. The van der Waals surface area contributed by atoms with E-state index in [-0.39, 0.29) is 5.91 Å². The van der Waals surface area contributed by atoms with Crippen molar-refractivity contribution in [2.75, 3.05) is 0 Å². The molecule has 0 heterocycles. The van der Waals surface area contributed by atoms with E-state index in [0.717, 1.165) is 0 Å². The summed E-state index contributed by atoms with van der Waals surface area (Å²) in [6, 6.07) is 6.42. The molecule has 0 aliphatic rings. The number of hydrogen-bond donors (Lipinski definition) is 2. The molecule has 0 aromatic heterocycles. The average molecular weight is 254 g/mol. The van der Waals surface area contributed by atoms with Crippen LogP contribution in [0.2, 0.25) is 5.02 Å². The van der Waals surface area contributed by atoms with Gasteiger partial charge in [0.15, 0.2) is 0 Å². The second-order valence-corrected chi connectivity index (χ2v) is 3.77. The maximum Gasteiger partial charge on any atom is 0.271 e. The summed E-state index contributed by atoms with van der Waals surface area (Å²) >= 11 is 5.70. The fourth-order valence-corrected chi connectivity index (χ4v) is 1.08. The molecule has 0 saturated heterocycles. The average Bonchev–Trinajstić information content (AvgIpc) is 2.35. The standard InChI is InChI=1S/C11H12ClN3O2/c1-7(8(2)15-17)13-14-11(16)9-3-5-10(12)6-4-9/h3-6,17H,1-2H3,(H,14,16)/b13-7-,15-8+. The molecule has 0 spiro atoms. The molecule has 0 aliphatic heterocycles. The molecule has 2 N–H and O–H groups in total. The Balaban J connectivity index is 2.71. The van der Waals surface area contributed by atoms with Gasteiger partial charge in [-0.25, -0.2) is 5.43 Å². The van der Waals surface area contributed by atoms with Gasteiger partial charge in [0.05, 0.1) is 11.4 Å². The van der Waals surface area contributed by atoms with Gasteiger partial charge in [0.2, 0.25) is 0 Å². The predicted octanol–water partition coefficient (Wildman–Crippen LogP) is 2.30. The van der Waals surface area contributed by atoms with E-state index in [2.05, 4.69) is 15.7 Å². The third kappa shape index (κ3) is 3.88. The summed E-state index contributed by atoms with van der Waals surface area (Å²) in [5.41, 5.74) is 3.56. The number of rotatable bonds is 3. The van der Waals surface area contributed by atoms with Crippen LogP contribution in [-0.4, -0.2) is 22.5 Å². The second kappa shape index (κ2) is 6.00. The fourth-order valence-electron chi connectivity index (χ4n) is 0.954. The number of nitrogens with one attached hydrogen (secondary N) is 1. The summed E-state index contributed by atoms with van der Waals surface area (Å²) in [6.07, 6.45) is 0. The Morgan fingerprint density at radius 3 is 2.35 bits per heavy atom. The molecule has 1 amide bonds. The lowest BCUT2D eigenvalue weighted by Gasteiger charge is -2.01. The van der Waals surface area contributed by atoms with Crippen LogP contribution in [0.15, 0.2) is 34.5 Å².